The first-order chi connectivity index (χ1) is 14.7. The van der Waals surface area contributed by atoms with Crippen LogP contribution >= 0.6 is 0 Å². The summed E-state index contributed by atoms with van der Waals surface area (Å²) in [5.74, 6) is 0.588. The van der Waals surface area contributed by atoms with Gasteiger partial charge in [0.1, 0.15) is 11.6 Å². The molecule has 3 rings (SSSR count). The monoisotopic (exact) mass is 431 g/mol. The van der Waals surface area contributed by atoms with Crippen molar-refractivity contribution in [2.24, 2.45) is 0 Å². The number of ether oxygens (including phenoxy) is 1. The number of aromatic nitrogens is 2. The number of rotatable bonds is 8. The first-order valence-electron chi connectivity index (χ1n) is 9.66. The van der Waals surface area contributed by atoms with E-state index in [2.05, 4.69) is 25.3 Å². The van der Waals surface area contributed by atoms with E-state index in [1.807, 2.05) is 50.2 Å². The minimum absolute atomic E-state index is 0.306. The van der Waals surface area contributed by atoms with E-state index in [1.54, 1.807) is 12.1 Å². The first-order valence-corrected chi connectivity index (χ1v) is 9.66. The maximum absolute atomic E-state index is 12.6. The van der Waals surface area contributed by atoms with Crippen LogP contribution in [0.25, 0.3) is 11.3 Å². The van der Waals surface area contributed by atoms with E-state index < -0.39 is 6.36 Å². The van der Waals surface area contributed by atoms with Gasteiger partial charge < -0.3 is 20.3 Å². The van der Waals surface area contributed by atoms with Gasteiger partial charge in [-0.05, 0) is 44.8 Å². The van der Waals surface area contributed by atoms with Crippen LogP contribution in [0, 0.1) is 6.92 Å². The Bertz CT molecular complexity index is 1020. The molecular formula is C22H24F3N5O. The van der Waals surface area contributed by atoms with Crippen LogP contribution in [-0.2, 0) is 0 Å². The van der Waals surface area contributed by atoms with E-state index in [0.717, 1.165) is 17.8 Å². The molecule has 3 aromatic rings. The van der Waals surface area contributed by atoms with Crippen LogP contribution in [0.5, 0.6) is 5.75 Å². The number of alkyl halides is 3. The topological polar surface area (TPSA) is 62.3 Å². The first kappa shape index (κ1) is 22.4. The van der Waals surface area contributed by atoms with Gasteiger partial charge in [-0.2, -0.15) is 4.98 Å². The van der Waals surface area contributed by atoms with Crippen LogP contribution in [0.3, 0.4) is 0 Å². The maximum atomic E-state index is 12.6. The number of nitrogens with zero attached hydrogens (tertiary/aromatic N) is 3. The lowest BCUT2D eigenvalue weighted by Crippen LogP contribution is -2.21. The zero-order chi connectivity index (χ0) is 22.4. The second kappa shape index (κ2) is 9.65. The fraction of sp³-hybridized carbons (Fsp3) is 0.273. The molecule has 31 heavy (non-hydrogen) atoms. The Labute approximate surface area is 179 Å². The van der Waals surface area contributed by atoms with Crippen LogP contribution in [0.4, 0.5) is 30.6 Å². The van der Waals surface area contributed by atoms with Crippen molar-refractivity contribution < 1.29 is 17.9 Å². The van der Waals surface area contributed by atoms with Crippen molar-refractivity contribution in [2.75, 3.05) is 37.8 Å². The van der Waals surface area contributed by atoms with Gasteiger partial charge in [-0.25, -0.2) is 4.98 Å². The van der Waals surface area contributed by atoms with Gasteiger partial charge in [-0.3, -0.25) is 0 Å². The molecule has 9 heteroatoms. The third-order valence-corrected chi connectivity index (χ3v) is 4.34. The van der Waals surface area contributed by atoms with Crippen molar-refractivity contribution in [3.05, 3.63) is 60.2 Å². The molecule has 1 aromatic heterocycles. The predicted octanol–water partition coefficient (Wildman–Crippen LogP) is 5.07. The number of aryl methyl sites for hydroxylation is 1. The smallest absolute Gasteiger partial charge is 0.406 e. The fourth-order valence-electron chi connectivity index (χ4n) is 2.83. The Morgan fingerprint density at radius 1 is 1.00 bits per heavy atom. The van der Waals surface area contributed by atoms with Crippen LogP contribution in [0.1, 0.15) is 5.56 Å². The quantitative estimate of drug-likeness (QED) is 0.519. The van der Waals surface area contributed by atoms with Gasteiger partial charge in [0.15, 0.2) is 0 Å². The zero-order valence-corrected chi connectivity index (χ0v) is 17.5. The molecule has 0 amide bonds. The highest BCUT2D eigenvalue weighted by atomic mass is 19.4. The van der Waals surface area contributed by atoms with E-state index in [4.69, 9.17) is 0 Å². The lowest BCUT2D eigenvalue weighted by atomic mass is 10.1. The predicted molar refractivity (Wildman–Crippen MR) is 116 cm³/mol. The number of likely N-dealkylation sites (N-methyl/N-ethyl adjacent to an activating group) is 1. The molecule has 0 atom stereocenters. The van der Waals surface area contributed by atoms with Crippen LogP contribution < -0.4 is 15.4 Å². The molecule has 0 bridgehead atoms. The Morgan fingerprint density at radius 2 is 1.77 bits per heavy atom. The molecule has 164 valence electrons. The van der Waals surface area contributed by atoms with E-state index in [9.17, 15) is 13.2 Å². The molecule has 0 saturated heterocycles. The van der Waals surface area contributed by atoms with E-state index in [1.165, 1.54) is 18.2 Å². The summed E-state index contributed by atoms with van der Waals surface area (Å²) in [7, 11) is 3.91. The van der Waals surface area contributed by atoms with Gasteiger partial charge in [0.25, 0.3) is 0 Å². The van der Waals surface area contributed by atoms with E-state index in [0.29, 0.717) is 29.6 Å². The third kappa shape index (κ3) is 6.85. The normalized spacial score (nSPS) is 11.5. The van der Waals surface area contributed by atoms with Crippen LogP contribution in [-0.4, -0.2) is 48.4 Å². The van der Waals surface area contributed by atoms with Gasteiger partial charge in [0.2, 0.25) is 5.95 Å². The lowest BCUT2D eigenvalue weighted by molar-refractivity contribution is -0.274. The molecule has 0 aliphatic rings. The summed E-state index contributed by atoms with van der Waals surface area (Å²) in [6.07, 6.45) is -4.76. The van der Waals surface area contributed by atoms with Gasteiger partial charge in [0.05, 0.1) is 5.69 Å². The van der Waals surface area contributed by atoms with Gasteiger partial charge in [-0.1, -0.05) is 30.3 Å². The summed E-state index contributed by atoms with van der Waals surface area (Å²) in [4.78, 5) is 11.0. The van der Waals surface area contributed by atoms with Crippen molar-refractivity contribution in [3.63, 3.8) is 0 Å². The minimum atomic E-state index is -4.76. The van der Waals surface area contributed by atoms with Crippen molar-refractivity contribution in [1.82, 2.24) is 14.9 Å². The number of benzene rings is 2. The van der Waals surface area contributed by atoms with Crippen molar-refractivity contribution in [1.29, 1.82) is 0 Å². The highest BCUT2D eigenvalue weighted by molar-refractivity contribution is 5.69. The van der Waals surface area contributed by atoms with Crippen LogP contribution in [0.2, 0.25) is 0 Å². The molecule has 2 N–H and O–H groups in total. The highest BCUT2D eigenvalue weighted by Crippen LogP contribution is 2.29. The molecule has 0 saturated carbocycles. The molecule has 1 heterocycles. The van der Waals surface area contributed by atoms with E-state index in [-0.39, 0.29) is 5.75 Å². The summed E-state index contributed by atoms with van der Waals surface area (Å²) in [6.45, 7) is 3.35. The molecule has 0 fully saturated rings. The summed E-state index contributed by atoms with van der Waals surface area (Å²) in [5, 5.41) is 6.43. The standard InChI is InChI=1S/C22H24F3N5O/c1-15-7-4-5-10-18(15)27-20-14-19(28-21(29-20)26-11-12-30(2)3)16-8-6-9-17(13-16)31-22(23,24)25/h4-10,13-14H,11-12H2,1-3H3,(H2,26,27,28,29). The minimum Gasteiger partial charge on any atom is -0.406 e. The molecule has 0 spiro atoms. The largest absolute Gasteiger partial charge is 0.573 e. The molecular weight excluding hydrogens is 407 g/mol. The third-order valence-electron chi connectivity index (χ3n) is 4.34. The molecule has 0 aliphatic carbocycles. The average Bonchev–Trinajstić information content (AvgIpc) is 2.68. The summed E-state index contributed by atoms with van der Waals surface area (Å²) in [6, 6.07) is 15.2. The Kier molecular flexibility index (Phi) is 6.96. The molecule has 0 aliphatic heterocycles. The number of halogens is 3. The van der Waals surface area contributed by atoms with Crippen molar-refractivity contribution in [3.8, 4) is 17.0 Å². The SMILES string of the molecule is Cc1ccccc1Nc1cc(-c2cccc(OC(F)(F)F)c2)nc(NCCN(C)C)n1. The average molecular weight is 431 g/mol. The lowest BCUT2D eigenvalue weighted by Gasteiger charge is -2.15. The van der Waals surface area contributed by atoms with Gasteiger partial charge in [0, 0.05) is 30.4 Å². The maximum Gasteiger partial charge on any atom is 0.573 e. The molecule has 0 unspecified atom stereocenters. The van der Waals surface area contributed by atoms with E-state index >= 15 is 0 Å². The number of nitrogens with one attached hydrogen (secondary N) is 2. The number of hydrogen-bond donors (Lipinski definition) is 2. The van der Waals surface area contributed by atoms with Crippen molar-refractivity contribution in [2.45, 2.75) is 13.3 Å². The van der Waals surface area contributed by atoms with Gasteiger partial charge >= 0.3 is 6.36 Å². The summed E-state index contributed by atoms with van der Waals surface area (Å²) < 4.78 is 41.9. The summed E-state index contributed by atoms with van der Waals surface area (Å²) in [5.41, 5.74) is 2.85. The fourth-order valence-corrected chi connectivity index (χ4v) is 2.83. The Morgan fingerprint density at radius 3 is 2.48 bits per heavy atom. The second-order valence-electron chi connectivity index (χ2n) is 7.21. The summed E-state index contributed by atoms with van der Waals surface area (Å²) >= 11 is 0. The Balaban J connectivity index is 1.94. The molecule has 6 nitrogen and oxygen atoms in total. The number of para-hydroxylation sites is 1. The zero-order valence-electron chi connectivity index (χ0n) is 17.5. The number of anilines is 3. The highest BCUT2D eigenvalue weighted by Gasteiger charge is 2.31. The molecule has 2 aromatic carbocycles. The van der Waals surface area contributed by atoms with Gasteiger partial charge in [-0.15, -0.1) is 13.2 Å². The second-order valence-corrected chi connectivity index (χ2v) is 7.21. The van der Waals surface area contributed by atoms with Crippen LogP contribution in [0.15, 0.2) is 54.6 Å². The Hall–Kier alpha value is -3.33. The number of hydrogen-bond acceptors (Lipinski definition) is 6. The van der Waals surface area contributed by atoms with Crippen molar-refractivity contribution >= 4 is 17.5 Å². The molecule has 0 radical (unpaired) electrons.